The number of fused-ring (bicyclic) bond motifs is 5. The third kappa shape index (κ3) is 4.12. The number of amides is 1. The van der Waals surface area contributed by atoms with Crippen molar-refractivity contribution in [3.63, 3.8) is 0 Å². The molecule has 0 radical (unpaired) electrons. The molecule has 32 heavy (non-hydrogen) atoms. The minimum Gasteiger partial charge on any atom is -0.355 e. The van der Waals surface area contributed by atoms with Crippen molar-refractivity contribution in [1.29, 1.82) is 0 Å². The zero-order valence-corrected chi connectivity index (χ0v) is 21.6. The number of ketones is 2. The van der Waals surface area contributed by atoms with Crippen LogP contribution in [0.15, 0.2) is 10.5 Å². The monoisotopic (exact) mass is 477 g/mol. The molecule has 178 valence electrons. The number of Topliss-reactive ketones (excluding diaryl/α,β-unsaturated/α-hetero) is 2. The standard InChI is InChI=1S/C26H39NO3S2/c1-16(28)18-6-7-19-17-4-5-21-24(32-15-10-23(30)27-13-14-31)22(29)9-12-26(21,3)20(17)8-11-25(18,19)2/h17-20,31H,4-15H2,1-3H3,(H,27,30)/t17?,18-,19?,20?,25-,26-/m1/s1. The van der Waals surface area contributed by atoms with E-state index in [1.807, 2.05) is 0 Å². The van der Waals surface area contributed by atoms with Crippen molar-refractivity contribution in [3.05, 3.63) is 10.5 Å². The van der Waals surface area contributed by atoms with Crippen LogP contribution in [-0.4, -0.2) is 35.5 Å². The van der Waals surface area contributed by atoms with Gasteiger partial charge in [0.05, 0.1) is 4.91 Å². The summed E-state index contributed by atoms with van der Waals surface area (Å²) in [7, 11) is 0. The van der Waals surface area contributed by atoms with E-state index in [4.69, 9.17) is 0 Å². The number of thioether (sulfide) groups is 1. The maximum atomic E-state index is 12.9. The molecule has 0 spiro atoms. The third-order valence-electron chi connectivity index (χ3n) is 9.57. The molecule has 6 heteroatoms. The van der Waals surface area contributed by atoms with Crippen LogP contribution in [0, 0.1) is 34.5 Å². The molecule has 0 aromatic rings. The second-order valence-electron chi connectivity index (χ2n) is 11.0. The molecular formula is C26H39NO3S2. The molecule has 0 saturated heterocycles. The molecular weight excluding hydrogens is 438 g/mol. The van der Waals surface area contributed by atoms with E-state index in [1.54, 1.807) is 18.7 Å². The van der Waals surface area contributed by atoms with Gasteiger partial charge >= 0.3 is 0 Å². The highest BCUT2D eigenvalue weighted by molar-refractivity contribution is 8.04. The SMILES string of the molecule is CC(=O)[C@H]1CCC2C3CCC4=C(SCCC(=O)NCCS)C(=O)CC[C@]4(C)C3CC[C@@]21C. The van der Waals surface area contributed by atoms with Gasteiger partial charge in [-0.2, -0.15) is 12.6 Å². The molecule has 3 unspecified atom stereocenters. The Bertz CT molecular complexity index is 824. The molecule has 3 fully saturated rings. The van der Waals surface area contributed by atoms with Gasteiger partial charge in [-0.25, -0.2) is 0 Å². The van der Waals surface area contributed by atoms with Crippen molar-refractivity contribution in [3.8, 4) is 0 Å². The average molecular weight is 478 g/mol. The highest BCUT2D eigenvalue weighted by atomic mass is 32.2. The number of hydrogen-bond acceptors (Lipinski definition) is 5. The fourth-order valence-corrected chi connectivity index (χ4v) is 9.41. The van der Waals surface area contributed by atoms with Crippen LogP contribution < -0.4 is 5.32 Å². The Hall–Kier alpha value is -0.750. The Morgan fingerprint density at radius 2 is 1.88 bits per heavy atom. The van der Waals surface area contributed by atoms with Crippen LogP contribution in [0.3, 0.4) is 0 Å². The lowest BCUT2D eigenvalue weighted by Gasteiger charge is -2.58. The number of carbonyl (C=O) groups is 3. The van der Waals surface area contributed by atoms with E-state index in [9.17, 15) is 14.4 Å². The first-order valence-electron chi connectivity index (χ1n) is 12.5. The summed E-state index contributed by atoms with van der Waals surface area (Å²) >= 11 is 5.75. The van der Waals surface area contributed by atoms with E-state index < -0.39 is 0 Å². The number of allylic oxidation sites excluding steroid dienone is 1. The number of thiol groups is 1. The fourth-order valence-electron chi connectivity index (χ4n) is 8.03. The van der Waals surface area contributed by atoms with Gasteiger partial charge in [-0.05, 0) is 86.0 Å². The van der Waals surface area contributed by atoms with Crippen molar-refractivity contribution >= 4 is 41.9 Å². The van der Waals surface area contributed by atoms with Gasteiger partial charge in [-0.1, -0.05) is 13.8 Å². The Kier molecular flexibility index (Phi) is 7.22. The molecule has 4 rings (SSSR count). The van der Waals surface area contributed by atoms with Crippen molar-refractivity contribution in [2.75, 3.05) is 18.1 Å². The predicted molar refractivity (Wildman–Crippen MR) is 134 cm³/mol. The van der Waals surface area contributed by atoms with Gasteiger partial charge < -0.3 is 5.32 Å². The Labute approximate surface area is 202 Å². The van der Waals surface area contributed by atoms with E-state index in [0.29, 0.717) is 54.4 Å². The molecule has 0 aromatic carbocycles. The van der Waals surface area contributed by atoms with Gasteiger partial charge in [0.2, 0.25) is 5.91 Å². The van der Waals surface area contributed by atoms with Gasteiger partial charge in [0, 0.05) is 36.8 Å². The van der Waals surface area contributed by atoms with Gasteiger partial charge in [0.25, 0.3) is 0 Å². The summed E-state index contributed by atoms with van der Waals surface area (Å²) in [6, 6.07) is 0. The molecule has 1 amide bonds. The Morgan fingerprint density at radius 1 is 1.09 bits per heavy atom. The quantitative estimate of drug-likeness (QED) is 0.494. The van der Waals surface area contributed by atoms with Crippen molar-refractivity contribution in [2.45, 2.75) is 78.6 Å². The summed E-state index contributed by atoms with van der Waals surface area (Å²) in [5.41, 5.74) is 1.66. The first-order chi connectivity index (χ1) is 15.2. The van der Waals surface area contributed by atoms with Crippen LogP contribution in [0.5, 0.6) is 0 Å². The number of carbonyl (C=O) groups excluding carboxylic acids is 3. The molecule has 3 saturated carbocycles. The first kappa shape index (κ1) is 24.4. The fraction of sp³-hybridized carbons (Fsp3) is 0.808. The highest BCUT2D eigenvalue weighted by Crippen LogP contribution is 2.67. The van der Waals surface area contributed by atoms with Crippen LogP contribution in [-0.2, 0) is 14.4 Å². The molecule has 0 bridgehead atoms. The lowest BCUT2D eigenvalue weighted by atomic mass is 9.46. The number of nitrogens with one attached hydrogen (secondary N) is 1. The van der Waals surface area contributed by atoms with Crippen molar-refractivity contribution < 1.29 is 14.4 Å². The number of rotatable bonds is 7. The van der Waals surface area contributed by atoms with E-state index in [-0.39, 0.29) is 28.4 Å². The van der Waals surface area contributed by atoms with Crippen LogP contribution in [0.1, 0.15) is 78.6 Å². The molecule has 4 nitrogen and oxygen atoms in total. The summed E-state index contributed by atoms with van der Waals surface area (Å²) in [4.78, 5) is 38.2. The van der Waals surface area contributed by atoms with Crippen LogP contribution in [0.25, 0.3) is 0 Å². The molecule has 4 aliphatic carbocycles. The Balaban J connectivity index is 1.52. The van der Waals surface area contributed by atoms with Crippen molar-refractivity contribution in [2.24, 2.45) is 34.5 Å². The highest BCUT2D eigenvalue weighted by Gasteiger charge is 2.60. The maximum absolute atomic E-state index is 12.9. The third-order valence-corrected chi connectivity index (χ3v) is 11.0. The second kappa shape index (κ2) is 9.48. The smallest absolute Gasteiger partial charge is 0.220 e. The van der Waals surface area contributed by atoms with E-state index in [1.165, 1.54) is 18.4 Å². The molecule has 0 aliphatic heterocycles. The van der Waals surface area contributed by atoms with E-state index in [0.717, 1.165) is 37.0 Å². The molecule has 0 heterocycles. The summed E-state index contributed by atoms with van der Waals surface area (Å²) in [6.45, 7) is 7.20. The molecule has 6 atom stereocenters. The lowest BCUT2D eigenvalue weighted by molar-refractivity contribution is -0.128. The van der Waals surface area contributed by atoms with Gasteiger partial charge in [-0.3, -0.25) is 14.4 Å². The van der Waals surface area contributed by atoms with Gasteiger partial charge in [-0.15, -0.1) is 11.8 Å². The van der Waals surface area contributed by atoms with Crippen LogP contribution in [0.4, 0.5) is 0 Å². The van der Waals surface area contributed by atoms with Crippen LogP contribution >= 0.6 is 24.4 Å². The Morgan fingerprint density at radius 3 is 2.59 bits per heavy atom. The van der Waals surface area contributed by atoms with Gasteiger partial charge in [0.15, 0.2) is 5.78 Å². The minimum absolute atomic E-state index is 0.0414. The summed E-state index contributed by atoms with van der Waals surface area (Å²) < 4.78 is 0. The van der Waals surface area contributed by atoms with Crippen LogP contribution in [0.2, 0.25) is 0 Å². The zero-order valence-electron chi connectivity index (χ0n) is 19.9. The van der Waals surface area contributed by atoms with Crippen molar-refractivity contribution in [1.82, 2.24) is 5.32 Å². The minimum atomic E-state index is 0.0414. The zero-order chi connectivity index (χ0) is 23.1. The predicted octanol–water partition coefficient (Wildman–Crippen LogP) is 5.22. The summed E-state index contributed by atoms with van der Waals surface area (Å²) in [6.07, 6.45) is 8.79. The molecule has 4 aliphatic rings. The summed E-state index contributed by atoms with van der Waals surface area (Å²) in [5.74, 6) is 4.21. The topological polar surface area (TPSA) is 63.2 Å². The summed E-state index contributed by atoms with van der Waals surface area (Å²) in [5, 5.41) is 2.86. The van der Waals surface area contributed by atoms with E-state index in [2.05, 4.69) is 31.8 Å². The second-order valence-corrected chi connectivity index (χ2v) is 12.6. The largest absolute Gasteiger partial charge is 0.355 e. The first-order valence-corrected chi connectivity index (χ1v) is 14.1. The normalized spacial score (nSPS) is 38.7. The number of hydrogen-bond donors (Lipinski definition) is 2. The van der Waals surface area contributed by atoms with Gasteiger partial charge in [0.1, 0.15) is 5.78 Å². The lowest BCUT2D eigenvalue weighted by Crippen LogP contribution is -2.51. The maximum Gasteiger partial charge on any atom is 0.220 e. The molecule has 0 aromatic heterocycles. The average Bonchev–Trinajstić information content (AvgIpc) is 3.11. The van der Waals surface area contributed by atoms with E-state index >= 15 is 0 Å². The molecule has 1 N–H and O–H groups in total.